The number of aryl methyl sites for hydroxylation is 2. The molecule has 28 heavy (non-hydrogen) atoms. The maximum atomic E-state index is 7.89. The summed E-state index contributed by atoms with van der Waals surface area (Å²) in [7, 11) is 0. The number of nitrogens with zero attached hydrogens (tertiary/aromatic N) is 5. The van der Waals surface area contributed by atoms with Gasteiger partial charge in [0.15, 0.2) is 0 Å². The van der Waals surface area contributed by atoms with Crippen LogP contribution in [0.1, 0.15) is 15.5 Å². The molecule has 1 aromatic carbocycles. The standard InChI is InChI=1S/C23H19N5/c1-16-14-24-23-27(15-17(2)28(16)23)22-13-7-12-21(26-22)20-11-6-10-19(25-20)18-8-4-3-5-9-18/h3-15H,1-2H3/i2D3. The molecule has 0 saturated heterocycles. The van der Waals surface area contributed by atoms with Gasteiger partial charge in [-0.3, -0.25) is 8.97 Å². The Morgan fingerprint density at radius 3 is 2.36 bits per heavy atom. The van der Waals surface area contributed by atoms with Crippen molar-refractivity contribution in [3.05, 3.63) is 90.5 Å². The van der Waals surface area contributed by atoms with Crippen LogP contribution in [0.15, 0.2) is 79.1 Å². The van der Waals surface area contributed by atoms with Gasteiger partial charge in [-0.25, -0.2) is 15.0 Å². The second kappa shape index (κ2) is 6.46. The van der Waals surface area contributed by atoms with Crippen molar-refractivity contribution in [2.24, 2.45) is 0 Å². The molecule has 0 bridgehead atoms. The summed E-state index contributed by atoms with van der Waals surface area (Å²) in [5, 5.41) is 0. The first-order valence-electron chi connectivity index (χ1n) is 10.5. The Balaban J connectivity index is 1.62. The highest BCUT2D eigenvalue weighted by Gasteiger charge is 2.12. The fourth-order valence-corrected chi connectivity index (χ4v) is 3.35. The highest BCUT2D eigenvalue weighted by Crippen LogP contribution is 2.23. The highest BCUT2D eigenvalue weighted by atomic mass is 15.2. The number of aromatic nitrogens is 5. The first-order chi connectivity index (χ1) is 14.9. The van der Waals surface area contributed by atoms with Crippen molar-refractivity contribution >= 4 is 5.78 Å². The minimum atomic E-state index is -2.27. The van der Waals surface area contributed by atoms with E-state index in [1.165, 1.54) is 0 Å². The van der Waals surface area contributed by atoms with Gasteiger partial charge in [0.05, 0.1) is 23.3 Å². The lowest BCUT2D eigenvalue weighted by molar-refractivity contribution is 1.01. The third-order valence-corrected chi connectivity index (χ3v) is 4.69. The Morgan fingerprint density at radius 1 is 0.786 bits per heavy atom. The molecule has 5 heteroatoms. The van der Waals surface area contributed by atoms with E-state index in [9.17, 15) is 0 Å². The zero-order chi connectivity index (χ0) is 21.6. The molecule has 0 fully saturated rings. The lowest BCUT2D eigenvalue weighted by Gasteiger charge is -2.07. The molecule has 4 heterocycles. The molecular formula is C23H19N5. The molecule has 0 aliphatic rings. The third kappa shape index (κ3) is 2.68. The summed E-state index contributed by atoms with van der Waals surface area (Å²) >= 11 is 0. The van der Waals surface area contributed by atoms with Crippen LogP contribution >= 0.6 is 0 Å². The molecule has 0 radical (unpaired) electrons. The molecule has 0 saturated carbocycles. The Bertz CT molecular complexity index is 1380. The number of hydrogen-bond acceptors (Lipinski definition) is 3. The summed E-state index contributed by atoms with van der Waals surface area (Å²) in [5.74, 6) is 1.09. The van der Waals surface area contributed by atoms with Crippen LogP contribution in [0.2, 0.25) is 0 Å². The van der Waals surface area contributed by atoms with Crippen molar-refractivity contribution in [2.75, 3.05) is 0 Å². The Labute approximate surface area is 167 Å². The van der Waals surface area contributed by atoms with Crippen LogP contribution in [0.25, 0.3) is 34.2 Å². The normalized spacial score (nSPS) is 13.2. The van der Waals surface area contributed by atoms with Gasteiger partial charge in [0.1, 0.15) is 5.82 Å². The average molecular weight is 368 g/mol. The maximum absolute atomic E-state index is 7.89. The minimum absolute atomic E-state index is 0.203. The van der Waals surface area contributed by atoms with Crippen molar-refractivity contribution in [3.63, 3.8) is 0 Å². The summed E-state index contributed by atoms with van der Waals surface area (Å²) in [6, 6.07) is 21.4. The van der Waals surface area contributed by atoms with E-state index in [0.717, 1.165) is 22.6 Å². The van der Waals surface area contributed by atoms with Gasteiger partial charge >= 0.3 is 0 Å². The molecule has 5 nitrogen and oxygen atoms in total. The van der Waals surface area contributed by atoms with Crippen LogP contribution in [0, 0.1) is 13.8 Å². The van der Waals surface area contributed by atoms with Gasteiger partial charge in [-0.05, 0) is 38.0 Å². The maximum Gasteiger partial charge on any atom is 0.220 e. The molecule has 0 N–H and O–H groups in total. The van der Waals surface area contributed by atoms with E-state index in [1.54, 1.807) is 21.4 Å². The van der Waals surface area contributed by atoms with Gasteiger partial charge < -0.3 is 0 Å². The molecule has 0 spiro atoms. The van der Waals surface area contributed by atoms with E-state index in [4.69, 9.17) is 14.1 Å². The summed E-state index contributed by atoms with van der Waals surface area (Å²) in [6.07, 6.45) is 3.25. The van der Waals surface area contributed by atoms with E-state index in [1.807, 2.05) is 73.7 Å². The Kier molecular flexibility index (Phi) is 3.10. The lowest BCUT2D eigenvalue weighted by Crippen LogP contribution is -1.99. The quantitative estimate of drug-likeness (QED) is 0.457. The predicted molar refractivity (Wildman–Crippen MR) is 110 cm³/mol. The Morgan fingerprint density at radius 2 is 1.54 bits per heavy atom. The monoisotopic (exact) mass is 368 g/mol. The van der Waals surface area contributed by atoms with Gasteiger partial charge in [-0.2, -0.15) is 0 Å². The molecule has 5 aromatic rings. The zero-order valence-electron chi connectivity index (χ0n) is 18.2. The summed E-state index contributed by atoms with van der Waals surface area (Å²) in [6.45, 7) is -0.430. The number of pyridine rings is 2. The predicted octanol–water partition coefficient (Wildman–Crippen LogP) is 4.87. The molecule has 0 amide bonds. The molecule has 0 atom stereocenters. The van der Waals surface area contributed by atoms with Gasteiger partial charge in [0.2, 0.25) is 5.78 Å². The van der Waals surface area contributed by atoms with Gasteiger partial charge in [0, 0.05) is 27.3 Å². The van der Waals surface area contributed by atoms with E-state index in [-0.39, 0.29) is 5.69 Å². The molecule has 0 aliphatic heterocycles. The second-order valence-electron chi connectivity index (χ2n) is 6.57. The number of rotatable bonds is 3. The van der Waals surface area contributed by atoms with Crippen LogP contribution in [0.3, 0.4) is 0 Å². The molecule has 4 aromatic heterocycles. The summed E-state index contributed by atoms with van der Waals surface area (Å²) in [5.41, 5.74) is 4.29. The van der Waals surface area contributed by atoms with Crippen LogP contribution in [-0.2, 0) is 0 Å². The fraction of sp³-hybridized carbons (Fsp3) is 0.0870. The summed E-state index contributed by atoms with van der Waals surface area (Å²) < 4.78 is 27.0. The first-order valence-corrected chi connectivity index (χ1v) is 8.98. The SMILES string of the molecule is [2H]C([2H])([2H])c1cn(-c2cccc(-c3cccc(-c4ccccc4)n3)n2)c2ncc(C)n12. The highest BCUT2D eigenvalue weighted by molar-refractivity contribution is 5.64. The number of imidazole rings is 2. The van der Waals surface area contributed by atoms with E-state index >= 15 is 0 Å². The van der Waals surface area contributed by atoms with Gasteiger partial charge in [0.25, 0.3) is 0 Å². The lowest BCUT2D eigenvalue weighted by atomic mass is 10.1. The Hall–Kier alpha value is -3.73. The van der Waals surface area contributed by atoms with Crippen LogP contribution in [0.5, 0.6) is 0 Å². The van der Waals surface area contributed by atoms with Gasteiger partial charge in [-0.1, -0.05) is 42.5 Å². The van der Waals surface area contributed by atoms with Crippen molar-refractivity contribution in [1.82, 2.24) is 23.9 Å². The smallest absolute Gasteiger partial charge is 0.220 e. The number of fused-ring (bicyclic) bond motifs is 1. The minimum Gasteiger partial charge on any atom is -0.285 e. The zero-order valence-corrected chi connectivity index (χ0v) is 15.2. The third-order valence-electron chi connectivity index (χ3n) is 4.69. The molecular weight excluding hydrogens is 346 g/mol. The topological polar surface area (TPSA) is 48.0 Å². The number of benzene rings is 1. The molecule has 0 aliphatic carbocycles. The van der Waals surface area contributed by atoms with E-state index in [2.05, 4.69) is 4.98 Å². The van der Waals surface area contributed by atoms with Crippen molar-refractivity contribution in [3.8, 4) is 28.5 Å². The van der Waals surface area contributed by atoms with Crippen molar-refractivity contribution < 1.29 is 4.11 Å². The number of hydrogen-bond donors (Lipinski definition) is 0. The van der Waals surface area contributed by atoms with E-state index in [0.29, 0.717) is 17.3 Å². The van der Waals surface area contributed by atoms with Gasteiger partial charge in [-0.15, -0.1) is 0 Å². The molecule has 0 unspecified atom stereocenters. The van der Waals surface area contributed by atoms with E-state index < -0.39 is 6.85 Å². The van der Waals surface area contributed by atoms with Crippen LogP contribution in [-0.4, -0.2) is 23.9 Å². The fourth-order valence-electron chi connectivity index (χ4n) is 3.35. The van der Waals surface area contributed by atoms with Crippen molar-refractivity contribution in [2.45, 2.75) is 13.8 Å². The largest absolute Gasteiger partial charge is 0.285 e. The van der Waals surface area contributed by atoms with Crippen LogP contribution < -0.4 is 0 Å². The summed E-state index contributed by atoms with van der Waals surface area (Å²) in [4.78, 5) is 13.9. The first kappa shape index (κ1) is 13.4. The van der Waals surface area contributed by atoms with Crippen molar-refractivity contribution in [1.29, 1.82) is 0 Å². The average Bonchev–Trinajstić information content (AvgIpc) is 3.35. The second-order valence-corrected chi connectivity index (χ2v) is 6.57. The molecule has 5 rings (SSSR count). The van der Waals surface area contributed by atoms with Crippen LogP contribution in [0.4, 0.5) is 0 Å². The molecule has 136 valence electrons.